The first-order valence-corrected chi connectivity index (χ1v) is 10.2. The Bertz CT molecular complexity index is 856. The SMILES string of the molecule is C=CCn1c(SC[C@@H]2CC2(Cl)Cl)nc2sc3c(c2c1=O)CCC3. The number of aromatic nitrogens is 2. The molecule has 2 heterocycles. The number of allylic oxidation sites excluding steroid dienone is 1. The van der Waals surface area contributed by atoms with Crippen LogP contribution < -0.4 is 5.56 Å². The van der Waals surface area contributed by atoms with Crippen molar-refractivity contribution >= 4 is 56.5 Å². The van der Waals surface area contributed by atoms with Crippen LogP contribution in [0.2, 0.25) is 0 Å². The minimum absolute atomic E-state index is 0.0654. The van der Waals surface area contributed by atoms with E-state index in [1.807, 2.05) is 0 Å². The van der Waals surface area contributed by atoms with Crippen LogP contribution in [0.4, 0.5) is 0 Å². The normalized spacial score (nSPS) is 21.6. The first-order chi connectivity index (χ1) is 11.0. The summed E-state index contributed by atoms with van der Waals surface area (Å²) in [5, 5.41) is 1.57. The summed E-state index contributed by atoms with van der Waals surface area (Å²) in [6, 6.07) is 0. The van der Waals surface area contributed by atoms with Gasteiger partial charge in [-0.25, -0.2) is 4.98 Å². The predicted molar refractivity (Wildman–Crippen MR) is 99.4 cm³/mol. The van der Waals surface area contributed by atoms with Crippen LogP contribution in [0.25, 0.3) is 10.2 Å². The van der Waals surface area contributed by atoms with Crippen molar-refractivity contribution in [2.75, 3.05) is 5.75 Å². The van der Waals surface area contributed by atoms with Crippen LogP contribution in [-0.2, 0) is 19.4 Å². The molecule has 2 aromatic heterocycles. The van der Waals surface area contributed by atoms with Crippen molar-refractivity contribution in [1.82, 2.24) is 9.55 Å². The number of hydrogen-bond acceptors (Lipinski definition) is 4. The van der Waals surface area contributed by atoms with Gasteiger partial charge in [-0.3, -0.25) is 9.36 Å². The Morgan fingerprint density at radius 2 is 2.26 bits per heavy atom. The second kappa shape index (κ2) is 5.80. The highest BCUT2D eigenvalue weighted by Crippen LogP contribution is 2.54. The average molecular weight is 387 g/mol. The molecular formula is C16H16Cl2N2OS2. The van der Waals surface area contributed by atoms with Gasteiger partial charge in [0.15, 0.2) is 5.16 Å². The van der Waals surface area contributed by atoms with Crippen LogP contribution in [0.3, 0.4) is 0 Å². The summed E-state index contributed by atoms with van der Waals surface area (Å²) >= 11 is 15.4. The van der Waals surface area contributed by atoms with E-state index in [2.05, 4.69) is 6.58 Å². The van der Waals surface area contributed by atoms with Gasteiger partial charge in [0, 0.05) is 23.1 Å². The lowest BCUT2D eigenvalue weighted by Gasteiger charge is -2.10. The van der Waals surface area contributed by atoms with E-state index in [9.17, 15) is 4.79 Å². The molecule has 0 saturated heterocycles. The molecule has 122 valence electrons. The fourth-order valence-corrected chi connectivity index (χ4v) is 6.33. The molecule has 4 rings (SSSR count). The van der Waals surface area contributed by atoms with Crippen LogP contribution in [0.1, 0.15) is 23.3 Å². The van der Waals surface area contributed by atoms with Gasteiger partial charge in [-0.2, -0.15) is 0 Å². The Balaban J connectivity index is 1.75. The topological polar surface area (TPSA) is 34.9 Å². The number of fused-ring (bicyclic) bond motifs is 3. The smallest absolute Gasteiger partial charge is 0.263 e. The lowest BCUT2D eigenvalue weighted by atomic mass is 10.2. The van der Waals surface area contributed by atoms with Crippen LogP contribution >= 0.6 is 46.3 Å². The van der Waals surface area contributed by atoms with Gasteiger partial charge in [0.25, 0.3) is 5.56 Å². The monoisotopic (exact) mass is 386 g/mol. The maximum Gasteiger partial charge on any atom is 0.263 e. The number of thioether (sulfide) groups is 1. The molecule has 1 saturated carbocycles. The number of thiophene rings is 1. The lowest BCUT2D eigenvalue weighted by Crippen LogP contribution is -2.23. The number of aryl methyl sites for hydroxylation is 2. The van der Waals surface area contributed by atoms with Crippen LogP contribution in [0.5, 0.6) is 0 Å². The number of rotatable bonds is 5. The zero-order valence-electron chi connectivity index (χ0n) is 12.5. The minimum Gasteiger partial charge on any atom is -0.283 e. The average Bonchev–Trinajstić information content (AvgIpc) is 2.85. The van der Waals surface area contributed by atoms with Crippen molar-refractivity contribution in [3.63, 3.8) is 0 Å². The minimum atomic E-state index is -0.592. The van der Waals surface area contributed by atoms with E-state index in [-0.39, 0.29) is 11.5 Å². The zero-order chi connectivity index (χ0) is 16.2. The second-order valence-corrected chi connectivity index (χ2v) is 9.72. The highest BCUT2D eigenvalue weighted by atomic mass is 35.5. The molecule has 0 bridgehead atoms. The molecule has 0 N–H and O–H groups in total. The van der Waals surface area contributed by atoms with E-state index in [4.69, 9.17) is 28.2 Å². The van der Waals surface area contributed by atoms with Gasteiger partial charge in [-0.1, -0.05) is 17.8 Å². The number of hydrogen-bond donors (Lipinski definition) is 0. The van der Waals surface area contributed by atoms with E-state index in [1.165, 1.54) is 10.4 Å². The highest BCUT2D eigenvalue weighted by molar-refractivity contribution is 7.99. The van der Waals surface area contributed by atoms with Crippen molar-refractivity contribution in [3.05, 3.63) is 33.4 Å². The lowest BCUT2D eigenvalue weighted by molar-refractivity contribution is 0.671. The highest BCUT2D eigenvalue weighted by Gasteiger charge is 2.51. The predicted octanol–water partition coefficient (Wildman–Crippen LogP) is 4.42. The largest absolute Gasteiger partial charge is 0.283 e. The molecular weight excluding hydrogens is 371 g/mol. The number of halogens is 2. The van der Waals surface area contributed by atoms with Crippen LogP contribution in [0, 0.1) is 5.92 Å². The molecule has 0 aliphatic heterocycles. The van der Waals surface area contributed by atoms with Gasteiger partial charge in [0.2, 0.25) is 0 Å². The van der Waals surface area contributed by atoms with Crippen molar-refractivity contribution in [1.29, 1.82) is 0 Å². The molecule has 23 heavy (non-hydrogen) atoms. The molecule has 0 spiro atoms. The van der Waals surface area contributed by atoms with Gasteiger partial charge < -0.3 is 0 Å². The van der Waals surface area contributed by atoms with Gasteiger partial charge >= 0.3 is 0 Å². The van der Waals surface area contributed by atoms with E-state index in [0.717, 1.165) is 46.8 Å². The maximum atomic E-state index is 13.0. The third-order valence-electron chi connectivity index (χ3n) is 4.47. The van der Waals surface area contributed by atoms with Crippen LogP contribution in [-0.4, -0.2) is 19.6 Å². The summed E-state index contributed by atoms with van der Waals surface area (Å²) in [6.45, 7) is 4.25. The van der Waals surface area contributed by atoms with Crippen molar-refractivity contribution in [2.24, 2.45) is 5.92 Å². The molecule has 1 atom stereocenters. The summed E-state index contributed by atoms with van der Waals surface area (Å²) in [6.07, 6.45) is 5.77. The third-order valence-corrected chi connectivity index (χ3v) is 7.72. The first-order valence-electron chi connectivity index (χ1n) is 7.68. The maximum absolute atomic E-state index is 13.0. The Kier molecular flexibility index (Phi) is 4.03. The molecule has 2 aliphatic carbocycles. The zero-order valence-corrected chi connectivity index (χ0v) is 15.6. The van der Waals surface area contributed by atoms with Crippen molar-refractivity contribution in [3.8, 4) is 0 Å². The van der Waals surface area contributed by atoms with E-state index in [0.29, 0.717) is 6.54 Å². The fraction of sp³-hybridized carbons (Fsp3) is 0.500. The van der Waals surface area contributed by atoms with E-state index in [1.54, 1.807) is 33.7 Å². The third kappa shape index (κ3) is 2.76. The van der Waals surface area contributed by atoms with Crippen molar-refractivity contribution in [2.45, 2.75) is 41.7 Å². The van der Waals surface area contributed by atoms with Gasteiger partial charge in [-0.15, -0.1) is 41.1 Å². The standard InChI is InChI=1S/C16H16Cl2N2OS2/c1-2-6-20-14(21)12-10-4-3-5-11(10)23-13(12)19-15(20)22-8-9-7-16(9,17)18/h2,9H,1,3-8H2/t9-/m0/s1. The molecule has 0 radical (unpaired) electrons. The quantitative estimate of drug-likeness (QED) is 0.330. The molecule has 2 aromatic rings. The summed E-state index contributed by atoms with van der Waals surface area (Å²) in [7, 11) is 0. The van der Waals surface area contributed by atoms with Gasteiger partial charge in [0.1, 0.15) is 9.16 Å². The Labute approximate surface area is 152 Å². The molecule has 2 aliphatic rings. The molecule has 0 unspecified atom stereocenters. The van der Waals surface area contributed by atoms with E-state index >= 15 is 0 Å². The molecule has 1 fully saturated rings. The Morgan fingerprint density at radius 3 is 2.96 bits per heavy atom. The van der Waals surface area contributed by atoms with Gasteiger partial charge in [0.05, 0.1) is 5.39 Å². The van der Waals surface area contributed by atoms with Crippen molar-refractivity contribution < 1.29 is 0 Å². The van der Waals surface area contributed by atoms with Crippen LogP contribution in [0.15, 0.2) is 22.6 Å². The number of alkyl halides is 2. The first kappa shape index (κ1) is 16.0. The summed E-state index contributed by atoms with van der Waals surface area (Å²) in [5.74, 6) is 1.06. The second-order valence-electron chi connectivity index (χ2n) is 6.11. The molecule has 0 amide bonds. The molecule has 7 heteroatoms. The fourth-order valence-electron chi connectivity index (χ4n) is 3.08. The Hall–Kier alpha value is -0.490. The summed E-state index contributed by atoms with van der Waals surface area (Å²) < 4.78 is 1.14. The molecule has 3 nitrogen and oxygen atoms in total. The summed E-state index contributed by atoms with van der Waals surface area (Å²) in [4.78, 5) is 19.9. The van der Waals surface area contributed by atoms with E-state index < -0.39 is 4.33 Å². The number of nitrogens with zero attached hydrogens (tertiary/aromatic N) is 2. The Morgan fingerprint density at radius 1 is 1.48 bits per heavy atom. The van der Waals surface area contributed by atoms with Gasteiger partial charge in [-0.05, 0) is 31.2 Å². The molecule has 0 aromatic carbocycles. The summed E-state index contributed by atoms with van der Waals surface area (Å²) in [5.41, 5.74) is 1.29.